The monoisotopic (exact) mass is 406 g/mol. The molecular weight excluding hydrogens is 388 g/mol. The van der Waals surface area contributed by atoms with Crippen LogP contribution in [0.3, 0.4) is 0 Å². The van der Waals surface area contributed by atoms with Gasteiger partial charge in [-0.2, -0.15) is 0 Å². The quantitative estimate of drug-likeness (QED) is 0.561. The molecule has 11 nitrogen and oxygen atoms in total. The minimum absolute atomic E-state index is 0.00568. The van der Waals surface area contributed by atoms with E-state index in [4.69, 9.17) is 4.74 Å². The fraction of sp³-hybridized carbons (Fsp3) is 0.211. The zero-order valence-corrected chi connectivity index (χ0v) is 16.0. The minimum Gasteiger partial charge on any atom is -0.387 e. The summed E-state index contributed by atoms with van der Waals surface area (Å²) in [4.78, 5) is 45.1. The van der Waals surface area contributed by atoms with Crippen molar-refractivity contribution >= 4 is 29.2 Å². The van der Waals surface area contributed by atoms with Gasteiger partial charge in [-0.25, -0.2) is 29.7 Å². The fourth-order valence-electron chi connectivity index (χ4n) is 2.65. The van der Waals surface area contributed by atoms with Crippen molar-refractivity contribution in [1.29, 1.82) is 0 Å². The average molecular weight is 406 g/mol. The summed E-state index contributed by atoms with van der Waals surface area (Å²) >= 11 is 0. The van der Waals surface area contributed by atoms with Crippen LogP contribution in [0.15, 0.2) is 43.2 Å². The van der Waals surface area contributed by atoms with Crippen molar-refractivity contribution < 1.29 is 14.3 Å². The summed E-state index contributed by atoms with van der Waals surface area (Å²) in [6.07, 6.45) is 8.82. The van der Waals surface area contributed by atoms with Crippen molar-refractivity contribution in [2.45, 2.75) is 18.8 Å². The number of pyridine rings is 1. The Morgan fingerprint density at radius 2 is 1.93 bits per heavy atom. The number of nitrogens with one attached hydrogen (secondary N) is 3. The van der Waals surface area contributed by atoms with E-state index < -0.39 is 12.0 Å². The molecule has 152 valence electrons. The number of carbonyl (C=O) groups is 2. The Labute approximate surface area is 171 Å². The highest BCUT2D eigenvalue weighted by Crippen LogP contribution is 2.40. The maximum absolute atomic E-state index is 12.5. The van der Waals surface area contributed by atoms with Crippen LogP contribution in [-0.2, 0) is 0 Å². The van der Waals surface area contributed by atoms with Gasteiger partial charge in [0.05, 0.1) is 35.7 Å². The Hall–Kier alpha value is -4.15. The molecule has 1 fully saturated rings. The van der Waals surface area contributed by atoms with E-state index in [1.54, 1.807) is 30.7 Å². The van der Waals surface area contributed by atoms with E-state index in [-0.39, 0.29) is 23.1 Å². The number of rotatable bonds is 6. The van der Waals surface area contributed by atoms with Crippen LogP contribution in [0.5, 0.6) is 5.88 Å². The molecule has 0 unspecified atom stereocenters. The average Bonchev–Trinajstić information content (AvgIpc) is 3.61. The predicted molar refractivity (Wildman–Crippen MR) is 107 cm³/mol. The lowest BCUT2D eigenvalue weighted by Crippen LogP contribution is -2.24. The molecule has 0 spiro atoms. The molecular formula is C19H18N8O3. The SMILES string of the molecule is CNC(=O)c1ncccc1NC(=O)Oc1nc(C2CC2)cnc1Nc1cncnc1. The van der Waals surface area contributed by atoms with Gasteiger partial charge in [-0.3, -0.25) is 10.1 Å². The van der Waals surface area contributed by atoms with Crippen LogP contribution < -0.4 is 20.7 Å². The summed E-state index contributed by atoms with van der Waals surface area (Å²) < 4.78 is 5.42. The van der Waals surface area contributed by atoms with E-state index in [0.29, 0.717) is 11.6 Å². The summed E-state index contributed by atoms with van der Waals surface area (Å²) in [6.45, 7) is 0. The third kappa shape index (κ3) is 4.46. The molecule has 4 rings (SSSR count). The van der Waals surface area contributed by atoms with E-state index >= 15 is 0 Å². The first-order chi connectivity index (χ1) is 14.6. The first-order valence-corrected chi connectivity index (χ1v) is 9.19. The second-order valence-corrected chi connectivity index (χ2v) is 6.47. The molecule has 0 saturated heterocycles. The maximum atomic E-state index is 12.5. The number of aromatic nitrogens is 5. The van der Waals surface area contributed by atoms with Crippen molar-refractivity contribution in [2.24, 2.45) is 0 Å². The van der Waals surface area contributed by atoms with Crippen molar-refractivity contribution in [3.8, 4) is 5.88 Å². The Morgan fingerprint density at radius 1 is 1.13 bits per heavy atom. The maximum Gasteiger partial charge on any atom is 0.418 e. The summed E-state index contributed by atoms with van der Waals surface area (Å²) in [6, 6.07) is 3.14. The smallest absolute Gasteiger partial charge is 0.387 e. The summed E-state index contributed by atoms with van der Waals surface area (Å²) in [5, 5.41) is 7.98. The Bertz CT molecular complexity index is 1070. The molecule has 3 aromatic heterocycles. The summed E-state index contributed by atoms with van der Waals surface area (Å²) in [7, 11) is 1.48. The van der Waals surface area contributed by atoms with Gasteiger partial charge in [0.2, 0.25) is 0 Å². The van der Waals surface area contributed by atoms with Crippen LogP contribution in [-0.4, -0.2) is 44.0 Å². The largest absolute Gasteiger partial charge is 0.418 e. The predicted octanol–water partition coefficient (Wildman–Crippen LogP) is 2.25. The lowest BCUT2D eigenvalue weighted by atomic mass is 10.3. The lowest BCUT2D eigenvalue weighted by Gasteiger charge is -2.13. The first-order valence-electron chi connectivity index (χ1n) is 9.19. The highest BCUT2D eigenvalue weighted by molar-refractivity contribution is 6.01. The second kappa shape index (κ2) is 8.47. The summed E-state index contributed by atoms with van der Waals surface area (Å²) in [5.41, 5.74) is 1.58. The topological polar surface area (TPSA) is 144 Å². The third-order valence-electron chi connectivity index (χ3n) is 4.25. The number of anilines is 3. The molecule has 1 aliphatic carbocycles. The van der Waals surface area contributed by atoms with Crippen molar-refractivity contribution in [3.63, 3.8) is 0 Å². The van der Waals surface area contributed by atoms with Gasteiger partial charge in [-0.05, 0) is 25.0 Å². The van der Waals surface area contributed by atoms with Gasteiger partial charge in [0.15, 0.2) is 11.5 Å². The molecule has 2 amide bonds. The fourth-order valence-corrected chi connectivity index (χ4v) is 2.65. The van der Waals surface area contributed by atoms with Crippen LogP contribution in [0.25, 0.3) is 0 Å². The number of amides is 2. The number of carbonyl (C=O) groups excluding carboxylic acids is 2. The van der Waals surface area contributed by atoms with E-state index in [1.165, 1.54) is 19.6 Å². The number of hydrogen-bond acceptors (Lipinski definition) is 9. The molecule has 3 N–H and O–H groups in total. The molecule has 0 aliphatic heterocycles. The summed E-state index contributed by atoms with van der Waals surface area (Å²) in [5.74, 6) is 0.122. The van der Waals surface area contributed by atoms with Crippen LogP contribution in [0.1, 0.15) is 34.9 Å². The zero-order chi connectivity index (χ0) is 20.9. The Balaban J connectivity index is 1.56. The van der Waals surface area contributed by atoms with Crippen molar-refractivity contribution in [1.82, 2.24) is 30.2 Å². The van der Waals surface area contributed by atoms with E-state index in [2.05, 4.69) is 40.9 Å². The molecule has 0 atom stereocenters. The number of hydrogen-bond donors (Lipinski definition) is 3. The van der Waals surface area contributed by atoms with Crippen LogP contribution in [0, 0.1) is 0 Å². The molecule has 30 heavy (non-hydrogen) atoms. The van der Waals surface area contributed by atoms with Crippen molar-refractivity contribution in [2.75, 3.05) is 17.7 Å². The van der Waals surface area contributed by atoms with E-state index in [0.717, 1.165) is 18.5 Å². The van der Waals surface area contributed by atoms with Crippen LogP contribution >= 0.6 is 0 Å². The van der Waals surface area contributed by atoms with Gasteiger partial charge in [0.25, 0.3) is 11.8 Å². The van der Waals surface area contributed by atoms with Gasteiger partial charge in [0, 0.05) is 19.2 Å². The molecule has 1 aliphatic rings. The normalized spacial score (nSPS) is 12.7. The molecule has 0 radical (unpaired) electrons. The Morgan fingerprint density at radius 3 is 2.67 bits per heavy atom. The molecule has 1 saturated carbocycles. The number of ether oxygens (including phenoxy) is 1. The first kappa shape index (κ1) is 19.2. The highest BCUT2D eigenvalue weighted by atomic mass is 16.6. The highest BCUT2D eigenvalue weighted by Gasteiger charge is 2.27. The van der Waals surface area contributed by atoms with Crippen LogP contribution in [0.4, 0.5) is 22.0 Å². The van der Waals surface area contributed by atoms with Gasteiger partial charge >= 0.3 is 6.09 Å². The van der Waals surface area contributed by atoms with E-state index in [9.17, 15) is 9.59 Å². The molecule has 0 aromatic carbocycles. The Kier molecular flexibility index (Phi) is 5.42. The van der Waals surface area contributed by atoms with Gasteiger partial charge in [-0.1, -0.05) is 0 Å². The van der Waals surface area contributed by atoms with Crippen molar-refractivity contribution in [3.05, 3.63) is 54.6 Å². The molecule has 3 heterocycles. The zero-order valence-electron chi connectivity index (χ0n) is 16.0. The van der Waals surface area contributed by atoms with Gasteiger partial charge < -0.3 is 15.4 Å². The molecule has 0 bridgehead atoms. The minimum atomic E-state index is -0.831. The van der Waals surface area contributed by atoms with E-state index in [1.807, 2.05) is 0 Å². The van der Waals surface area contributed by atoms with Gasteiger partial charge in [0.1, 0.15) is 6.33 Å². The number of nitrogens with zero attached hydrogens (tertiary/aromatic N) is 5. The molecule has 3 aromatic rings. The lowest BCUT2D eigenvalue weighted by molar-refractivity contribution is 0.0959. The third-order valence-corrected chi connectivity index (χ3v) is 4.25. The van der Waals surface area contributed by atoms with Gasteiger partial charge in [-0.15, -0.1) is 0 Å². The van der Waals surface area contributed by atoms with Crippen LogP contribution in [0.2, 0.25) is 0 Å². The second-order valence-electron chi connectivity index (χ2n) is 6.47. The molecule has 11 heteroatoms. The standard InChI is InChI=1S/C19H18N8O3/c1-20-17(28)15-13(3-2-6-23-15)27-19(29)30-18-16(25-12-7-21-10-22-8-12)24-9-14(26-18)11-4-5-11/h2-3,6-11H,4-5H2,1H3,(H,20,28)(H,24,25)(H,27,29).